The molecule has 0 N–H and O–H groups in total. The standard InChI is InChI=1S/C11H8N2O2S/c1-15-11(14)10-9(8(6-12)7-16-10)13-4-2-3-5-13/h2-5,7H,1H3. The molecule has 0 atom stereocenters. The Labute approximate surface area is 96.3 Å². The van der Waals surface area contributed by atoms with Crippen LogP contribution in [0.25, 0.3) is 5.69 Å². The number of nitriles is 1. The number of rotatable bonds is 2. The van der Waals surface area contributed by atoms with Crippen LogP contribution in [0.1, 0.15) is 15.2 Å². The molecule has 0 aliphatic carbocycles. The third kappa shape index (κ3) is 1.59. The minimum Gasteiger partial charge on any atom is -0.465 e. The minimum atomic E-state index is -0.421. The van der Waals surface area contributed by atoms with Crippen LogP contribution in [0.4, 0.5) is 0 Å². The Bertz CT molecular complexity index is 549. The Morgan fingerprint density at radius 2 is 2.19 bits per heavy atom. The molecule has 0 amide bonds. The fourth-order valence-corrected chi connectivity index (χ4v) is 2.32. The molecule has 5 heteroatoms. The van der Waals surface area contributed by atoms with Crippen molar-refractivity contribution in [1.82, 2.24) is 4.57 Å². The van der Waals surface area contributed by atoms with Crippen LogP contribution >= 0.6 is 11.3 Å². The summed E-state index contributed by atoms with van der Waals surface area (Å²) in [4.78, 5) is 12.0. The first-order valence-electron chi connectivity index (χ1n) is 4.51. The van der Waals surface area contributed by atoms with E-state index < -0.39 is 5.97 Å². The molecule has 0 bridgehead atoms. The van der Waals surface area contributed by atoms with E-state index in [0.29, 0.717) is 16.1 Å². The van der Waals surface area contributed by atoms with E-state index in [9.17, 15) is 4.79 Å². The van der Waals surface area contributed by atoms with Crippen molar-refractivity contribution >= 4 is 17.3 Å². The Kier molecular flexibility index (Phi) is 2.75. The quantitative estimate of drug-likeness (QED) is 0.746. The van der Waals surface area contributed by atoms with Crippen molar-refractivity contribution in [1.29, 1.82) is 5.26 Å². The largest absolute Gasteiger partial charge is 0.465 e. The lowest BCUT2D eigenvalue weighted by Crippen LogP contribution is -2.04. The number of carbonyl (C=O) groups is 1. The molecule has 0 radical (unpaired) electrons. The molecule has 2 rings (SSSR count). The van der Waals surface area contributed by atoms with Gasteiger partial charge in [-0.05, 0) is 12.1 Å². The molecular formula is C11H8N2O2S. The number of carbonyl (C=O) groups excluding carboxylic acids is 1. The maximum Gasteiger partial charge on any atom is 0.350 e. The van der Waals surface area contributed by atoms with Crippen molar-refractivity contribution in [3.8, 4) is 11.8 Å². The topological polar surface area (TPSA) is 55.0 Å². The van der Waals surface area contributed by atoms with Crippen LogP contribution < -0.4 is 0 Å². The van der Waals surface area contributed by atoms with Gasteiger partial charge in [0.2, 0.25) is 0 Å². The van der Waals surface area contributed by atoms with Crippen molar-refractivity contribution < 1.29 is 9.53 Å². The normalized spacial score (nSPS) is 9.75. The van der Waals surface area contributed by atoms with Gasteiger partial charge in [0, 0.05) is 17.8 Å². The summed E-state index contributed by atoms with van der Waals surface area (Å²) in [5.41, 5.74) is 1.06. The lowest BCUT2D eigenvalue weighted by molar-refractivity contribution is 0.0606. The number of methoxy groups -OCH3 is 1. The molecule has 2 aromatic heterocycles. The van der Waals surface area contributed by atoms with Gasteiger partial charge in [-0.25, -0.2) is 4.79 Å². The smallest absolute Gasteiger partial charge is 0.350 e. The van der Waals surface area contributed by atoms with Gasteiger partial charge in [0.15, 0.2) is 0 Å². The lowest BCUT2D eigenvalue weighted by Gasteiger charge is -2.03. The third-order valence-corrected chi connectivity index (χ3v) is 3.07. The molecule has 0 saturated heterocycles. The van der Waals surface area contributed by atoms with Gasteiger partial charge in [-0.1, -0.05) is 0 Å². The van der Waals surface area contributed by atoms with Gasteiger partial charge in [0.25, 0.3) is 0 Å². The molecule has 0 unspecified atom stereocenters. The van der Waals surface area contributed by atoms with E-state index in [1.165, 1.54) is 18.4 Å². The van der Waals surface area contributed by atoms with Gasteiger partial charge in [0.1, 0.15) is 10.9 Å². The molecular weight excluding hydrogens is 224 g/mol. The van der Waals surface area contributed by atoms with Crippen molar-refractivity contribution in [2.24, 2.45) is 0 Å². The van der Waals surface area contributed by atoms with E-state index in [1.54, 1.807) is 22.3 Å². The average molecular weight is 232 g/mol. The number of nitrogens with zero attached hydrogens (tertiary/aromatic N) is 2. The number of ether oxygens (including phenoxy) is 1. The summed E-state index contributed by atoms with van der Waals surface area (Å²) in [5.74, 6) is -0.421. The van der Waals surface area contributed by atoms with Crippen molar-refractivity contribution in [3.05, 3.63) is 40.3 Å². The van der Waals surface area contributed by atoms with Crippen molar-refractivity contribution in [3.63, 3.8) is 0 Å². The number of thiophene rings is 1. The molecule has 80 valence electrons. The predicted octanol–water partition coefficient (Wildman–Crippen LogP) is 2.20. The third-order valence-electron chi connectivity index (χ3n) is 2.12. The molecule has 2 aromatic rings. The van der Waals surface area contributed by atoms with Crippen LogP contribution in [0.5, 0.6) is 0 Å². The maximum atomic E-state index is 11.5. The monoisotopic (exact) mass is 232 g/mol. The molecule has 4 nitrogen and oxygen atoms in total. The lowest BCUT2D eigenvalue weighted by atomic mass is 10.2. The fraction of sp³-hybridized carbons (Fsp3) is 0.0909. The first kappa shape index (κ1) is 10.5. The van der Waals surface area contributed by atoms with Gasteiger partial charge >= 0.3 is 5.97 Å². The zero-order valence-electron chi connectivity index (χ0n) is 8.51. The van der Waals surface area contributed by atoms with E-state index >= 15 is 0 Å². The van der Waals surface area contributed by atoms with Crippen LogP contribution in [0, 0.1) is 11.3 Å². The predicted molar refractivity (Wildman–Crippen MR) is 59.7 cm³/mol. The Balaban J connectivity index is 2.61. The van der Waals surface area contributed by atoms with Gasteiger partial charge in [-0.15, -0.1) is 11.3 Å². The van der Waals surface area contributed by atoms with Crippen LogP contribution in [0.3, 0.4) is 0 Å². The molecule has 16 heavy (non-hydrogen) atoms. The highest BCUT2D eigenvalue weighted by Gasteiger charge is 2.19. The summed E-state index contributed by atoms with van der Waals surface area (Å²) < 4.78 is 6.42. The van der Waals surface area contributed by atoms with Crippen molar-refractivity contribution in [2.75, 3.05) is 7.11 Å². The van der Waals surface area contributed by atoms with Crippen LogP contribution in [-0.4, -0.2) is 17.6 Å². The zero-order chi connectivity index (χ0) is 11.5. The number of esters is 1. The second kappa shape index (κ2) is 4.21. The van der Waals surface area contributed by atoms with Crippen LogP contribution in [-0.2, 0) is 4.74 Å². The van der Waals surface area contributed by atoms with E-state index in [-0.39, 0.29) is 0 Å². The highest BCUT2D eigenvalue weighted by molar-refractivity contribution is 7.12. The molecule has 0 aliphatic heterocycles. The van der Waals surface area contributed by atoms with E-state index in [0.717, 1.165) is 0 Å². The maximum absolute atomic E-state index is 11.5. The SMILES string of the molecule is COC(=O)c1scc(C#N)c1-n1cccc1. The van der Waals surface area contributed by atoms with Crippen LogP contribution in [0.15, 0.2) is 29.9 Å². The zero-order valence-corrected chi connectivity index (χ0v) is 9.32. The fourth-order valence-electron chi connectivity index (χ4n) is 1.41. The molecule has 0 aliphatic rings. The molecule has 0 fully saturated rings. The summed E-state index contributed by atoms with van der Waals surface area (Å²) >= 11 is 1.21. The van der Waals surface area contributed by atoms with E-state index in [1.807, 2.05) is 12.1 Å². The summed E-state index contributed by atoms with van der Waals surface area (Å²) in [7, 11) is 1.33. The number of hydrogen-bond donors (Lipinski definition) is 0. The summed E-state index contributed by atoms with van der Waals surface area (Å²) in [6.07, 6.45) is 3.57. The van der Waals surface area contributed by atoms with Gasteiger partial charge < -0.3 is 9.30 Å². The first-order valence-corrected chi connectivity index (χ1v) is 5.39. The minimum absolute atomic E-state index is 0.421. The summed E-state index contributed by atoms with van der Waals surface area (Å²) in [6.45, 7) is 0. The van der Waals surface area contributed by atoms with Gasteiger partial charge in [-0.2, -0.15) is 5.26 Å². The Morgan fingerprint density at radius 3 is 2.75 bits per heavy atom. The number of hydrogen-bond acceptors (Lipinski definition) is 4. The van der Waals surface area contributed by atoms with E-state index in [2.05, 4.69) is 10.8 Å². The summed E-state index contributed by atoms with van der Waals surface area (Å²) in [5, 5.41) is 10.6. The van der Waals surface area contributed by atoms with Gasteiger partial charge in [-0.3, -0.25) is 0 Å². The average Bonchev–Trinajstić information content (AvgIpc) is 2.95. The molecule has 0 aromatic carbocycles. The second-order valence-electron chi connectivity index (χ2n) is 3.02. The Hall–Kier alpha value is -2.06. The van der Waals surface area contributed by atoms with E-state index in [4.69, 9.17) is 5.26 Å². The second-order valence-corrected chi connectivity index (χ2v) is 3.90. The Morgan fingerprint density at radius 1 is 1.50 bits per heavy atom. The van der Waals surface area contributed by atoms with Gasteiger partial charge in [0.05, 0.1) is 18.4 Å². The molecule has 0 saturated carbocycles. The van der Waals surface area contributed by atoms with Crippen molar-refractivity contribution in [2.45, 2.75) is 0 Å². The highest BCUT2D eigenvalue weighted by Crippen LogP contribution is 2.26. The number of aromatic nitrogens is 1. The highest BCUT2D eigenvalue weighted by atomic mass is 32.1. The van der Waals surface area contributed by atoms with Crippen LogP contribution in [0.2, 0.25) is 0 Å². The molecule has 2 heterocycles. The molecule has 0 spiro atoms. The summed E-state index contributed by atoms with van der Waals surface area (Å²) in [6, 6.07) is 5.73. The first-order chi connectivity index (χ1) is 7.77.